The summed E-state index contributed by atoms with van der Waals surface area (Å²) in [6, 6.07) is 5.87. The second kappa shape index (κ2) is 12.7. The van der Waals surface area contributed by atoms with Crippen molar-refractivity contribution in [3.8, 4) is 0 Å². The Morgan fingerprint density at radius 1 is 0.793 bits per heavy atom. The molecule has 2 unspecified atom stereocenters. The number of benzene rings is 1. The molecule has 4 heteroatoms. The Hall–Kier alpha value is -1.84. The molecule has 29 heavy (non-hydrogen) atoms. The molecule has 0 fully saturated rings. The van der Waals surface area contributed by atoms with E-state index in [1.165, 1.54) is 0 Å². The second-order valence-electron chi connectivity index (χ2n) is 9.14. The molecular weight excluding hydrogens is 364 g/mol. The van der Waals surface area contributed by atoms with Gasteiger partial charge in [-0.25, -0.2) is 0 Å². The smallest absolute Gasteiger partial charge is 0.310 e. The number of carboxylic acid groups (broad SMARTS) is 2. The largest absolute Gasteiger partial charge is 0.481 e. The zero-order valence-electron chi connectivity index (χ0n) is 18.9. The number of hydrogen-bond acceptors (Lipinski definition) is 2. The Bertz CT molecular complexity index is 648. The van der Waals surface area contributed by atoms with Crippen LogP contribution in [0.2, 0.25) is 0 Å². The van der Waals surface area contributed by atoms with Crippen LogP contribution in [-0.2, 0) is 16.0 Å². The number of carbonyl (C=O) groups is 2. The van der Waals surface area contributed by atoms with E-state index in [1.54, 1.807) is 0 Å². The summed E-state index contributed by atoms with van der Waals surface area (Å²) in [6.45, 7) is 10.5. The van der Waals surface area contributed by atoms with Crippen LogP contribution in [0, 0.1) is 11.8 Å². The van der Waals surface area contributed by atoms with Gasteiger partial charge in [0, 0.05) is 0 Å². The lowest BCUT2D eigenvalue weighted by atomic mass is 9.80. The van der Waals surface area contributed by atoms with E-state index >= 15 is 0 Å². The van der Waals surface area contributed by atoms with Crippen LogP contribution in [0.15, 0.2) is 18.2 Å². The standard InChI is InChI=1S/C25H40O4/c1-6-7-8-9-19-12-15-20(21(24(26)27)13-10-17(2)3)23(16-19)22(25(28)29)14-11-18(4)5/h12,15-18,21-22H,6-11,13-14H2,1-5H3,(H,26,27)(H,28,29). The quantitative estimate of drug-likeness (QED) is 0.341. The molecule has 164 valence electrons. The molecule has 1 aromatic carbocycles. The molecule has 1 rings (SSSR count). The average molecular weight is 405 g/mol. The first-order valence-corrected chi connectivity index (χ1v) is 11.3. The van der Waals surface area contributed by atoms with Gasteiger partial charge in [-0.15, -0.1) is 0 Å². The van der Waals surface area contributed by atoms with Crippen molar-refractivity contribution < 1.29 is 19.8 Å². The minimum absolute atomic E-state index is 0.407. The molecule has 0 aliphatic rings. The van der Waals surface area contributed by atoms with Crippen LogP contribution in [0.25, 0.3) is 0 Å². The van der Waals surface area contributed by atoms with Gasteiger partial charge in [0.05, 0.1) is 11.8 Å². The number of aliphatic carboxylic acids is 2. The second-order valence-corrected chi connectivity index (χ2v) is 9.14. The van der Waals surface area contributed by atoms with Gasteiger partial charge in [-0.05, 0) is 67.1 Å². The number of hydrogen-bond donors (Lipinski definition) is 2. The lowest BCUT2D eigenvalue weighted by molar-refractivity contribution is -0.140. The van der Waals surface area contributed by atoms with Gasteiger partial charge < -0.3 is 10.2 Å². The summed E-state index contributed by atoms with van der Waals surface area (Å²) in [4.78, 5) is 24.2. The first-order chi connectivity index (χ1) is 13.7. The van der Waals surface area contributed by atoms with Crippen LogP contribution in [0.4, 0.5) is 0 Å². The number of aryl methyl sites for hydroxylation is 1. The topological polar surface area (TPSA) is 74.6 Å². The van der Waals surface area contributed by atoms with Gasteiger partial charge in [0.1, 0.15) is 0 Å². The molecule has 0 saturated carbocycles. The molecule has 0 amide bonds. The normalized spacial score (nSPS) is 13.6. The third-order valence-corrected chi connectivity index (χ3v) is 5.63. The Balaban J connectivity index is 3.36. The third-order valence-electron chi connectivity index (χ3n) is 5.63. The molecule has 0 radical (unpaired) electrons. The van der Waals surface area contributed by atoms with Crippen molar-refractivity contribution in [2.45, 2.75) is 97.8 Å². The maximum Gasteiger partial charge on any atom is 0.310 e. The maximum absolute atomic E-state index is 12.1. The molecule has 0 aromatic heterocycles. The van der Waals surface area contributed by atoms with Crippen molar-refractivity contribution >= 4 is 11.9 Å². The molecule has 2 N–H and O–H groups in total. The summed E-state index contributed by atoms with van der Waals surface area (Å²) in [5.74, 6) is -2.21. The minimum atomic E-state index is -0.862. The van der Waals surface area contributed by atoms with Crippen LogP contribution in [-0.4, -0.2) is 22.2 Å². The van der Waals surface area contributed by atoms with Gasteiger partial charge in [-0.2, -0.15) is 0 Å². The van der Waals surface area contributed by atoms with E-state index in [0.29, 0.717) is 35.8 Å². The predicted molar refractivity (Wildman–Crippen MR) is 119 cm³/mol. The van der Waals surface area contributed by atoms with Gasteiger partial charge in [0.2, 0.25) is 0 Å². The van der Waals surface area contributed by atoms with E-state index in [2.05, 4.69) is 34.6 Å². The van der Waals surface area contributed by atoms with Gasteiger partial charge in [-0.1, -0.05) is 65.7 Å². The Morgan fingerprint density at radius 3 is 1.76 bits per heavy atom. The molecule has 0 heterocycles. The summed E-state index contributed by atoms with van der Waals surface area (Å²) < 4.78 is 0. The fourth-order valence-corrected chi connectivity index (χ4v) is 3.80. The fraction of sp³-hybridized carbons (Fsp3) is 0.680. The van der Waals surface area contributed by atoms with Gasteiger partial charge >= 0.3 is 11.9 Å². The zero-order valence-corrected chi connectivity index (χ0v) is 18.9. The molecule has 1 aromatic rings. The van der Waals surface area contributed by atoms with Crippen molar-refractivity contribution in [1.82, 2.24) is 0 Å². The lowest BCUT2D eigenvalue weighted by Gasteiger charge is -2.23. The minimum Gasteiger partial charge on any atom is -0.481 e. The summed E-state index contributed by atoms with van der Waals surface area (Å²) in [5, 5.41) is 19.9. The van der Waals surface area contributed by atoms with Crippen LogP contribution < -0.4 is 0 Å². The van der Waals surface area contributed by atoms with Crippen LogP contribution in [0.1, 0.15) is 108 Å². The first-order valence-electron chi connectivity index (χ1n) is 11.3. The van der Waals surface area contributed by atoms with Crippen molar-refractivity contribution in [2.75, 3.05) is 0 Å². The highest BCUT2D eigenvalue weighted by molar-refractivity contribution is 5.80. The summed E-state index contributed by atoms with van der Waals surface area (Å²) >= 11 is 0. The Morgan fingerprint density at radius 2 is 1.31 bits per heavy atom. The summed E-state index contributed by atoms with van der Waals surface area (Å²) in [6.07, 6.45) is 6.92. The molecule has 4 nitrogen and oxygen atoms in total. The van der Waals surface area contributed by atoms with Crippen molar-refractivity contribution in [2.24, 2.45) is 11.8 Å². The Kier molecular flexibility index (Phi) is 11.0. The lowest BCUT2D eigenvalue weighted by Crippen LogP contribution is -2.20. The highest BCUT2D eigenvalue weighted by Crippen LogP contribution is 2.35. The maximum atomic E-state index is 12.1. The number of rotatable bonds is 14. The highest BCUT2D eigenvalue weighted by atomic mass is 16.4. The first kappa shape index (κ1) is 25.2. The Labute approximate surface area is 176 Å². The third kappa shape index (κ3) is 8.59. The molecule has 0 spiro atoms. The van der Waals surface area contributed by atoms with Gasteiger partial charge in [0.15, 0.2) is 0 Å². The predicted octanol–water partition coefficient (Wildman–Crippen LogP) is 6.63. The van der Waals surface area contributed by atoms with Crippen molar-refractivity contribution in [3.05, 3.63) is 34.9 Å². The van der Waals surface area contributed by atoms with E-state index in [9.17, 15) is 19.8 Å². The molecule has 0 aliphatic carbocycles. The average Bonchev–Trinajstić information content (AvgIpc) is 2.62. The zero-order chi connectivity index (χ0) is 22.0. The molecule has 0 bridgehead atoms. The number of carboxylic acids is 2. The van der Waals surface area contributed by atoms with Crippen molar-refractivity contribution in [3.63, 3.8) is 0 Å². The fourth-order valence-electron chi connectivity index (χ4n) is 3.80. The van der Waals surface area contributed by atoms with E-state index in [1.807, 2.05) is 18.2 Å². The van der Waals surface area contributed by atoms with E-state index in [0.717, 1.165) is 44.1 Å². The van der Waals surface area contributed by atoms with Crippen LogP contribution in [0.3, 0.4) is 0 Å². The molecule has 0 aliphatic heterocycles. The van der Waals surface area contributed by atoms with E-state index in [-0.39, 0.29) is 0 Å². The highest BCUT2D eigenvalue weighted by Gasteiger charge is 2.29. The summed E-state index contributed by atoms with van der Waals surface area (Å²) in [7, 11) is 0. The van der Waals surface area contributed by atoms with Gasteiger partial charge in [0.25, 0.3) is 0 Å². The van der Waals surface area contributed by atoms with E-state index < -0.39 is 23.8 Å². The van der Waals surface area contributed by atoms with Gasteiger partial charge in [-0.3, -0.25) is 9.59 Å². The van der Waals surface area contributed by atoms with E-state index in [4.69, 9.17) is 0 Å². The summed E-state index contributed by atoms with van der Waals surface area (Å²) in [5.41, 5.74) is 2.51. The van der Waals surface area contributed by atoms with Crippen LogP contribution >= 0.6 is 0 Å². The van der Waals surface area contributed by atoms with Crippen LogP contribution in [0.5, 0.6) is 0 Å². The monoisotopic (exact) mass is 404 g/mol. The molecule has 2 atom stereocenters. The molecule has 0 saturated heterocycles. The SMILES string of the molecule is CCCCCc1ccc(C(CCC(C)C)C(=O)O)c(C(CCC(C)C)C(=O)O)c1. The van der Waals surface area contributed by atoms with Crippen molar-refractivity contribution in [1.29, 1.82) is 0 Å². The number of unbranched alkanes of at least 4 members (excludes halogenated alkanes) is 2. The molecular formula is C25H40O4.